The maximum atomic E-state index is 13.0. The fraction of sp³-hybridized carbons (Fsp3) is 0.192. The van der Waals surface area contributed by atoms with Crippen LogP contribution in [0.25, 0.3) is 0 Å². The van der Waals surface area contributed by atoms with E-state index in [-0.39, 0.29) is 22.3 Å². The Labute approximate surface area is 208 Å². The van der Waals surface area contributed by atoms with Crippen LogP contribution in [0.4, 0.5) is 0 Å². The van der Waals surface area contributed by atoms with E-state index in [0.717, 1.165) is 21.2 Å². The van der Waals surface area contributed by atoms with E-state index in [4.69, 9.17) is 12.2 Å². The van der Waals surface area contributed by atoms with Crippen LogP contribution in [0.5, 0.6) is 0 Å². The summed E-state index contributed by atoms with van der Waals surface area (Å²) in [7, 11) is 0. The van der Waals surface area contributed by atoms with E-state index in [2.05, 4.69) is 52.9 Å². The molecule has 170 valence electrons. The minimum atomic E-state index is -0.528. The summed E-state index contributed by atoms with van der Waals surface area (Å²) in [5.41, 5.74) is 8.46. The van der Waals surface area contributed by atoms with E-state index in [1.165, 1.54) is 0 Å². The lowest BCUT2D eigenvalue weighted by atomic mass is 9.86. The molecule has 0 saturated heterocycles. The summed E-state index contributed by atoms with van der Waals surface area (Å²) in [5, 5.41) is 2.61. The number of nitrogens with one attached hydrogen (secondary N) is 3. The van der Waals surface area contributed by atoms with Crippen LogP contribution in [-0.4, -0.2) is 16.9 Å². The largest absolute Gasteiger partial charge is 0.298 e. The van der Waals surface area contributed by atoms with Crippen molar-refractivity contribution in [2.24, 2.45) is 0 Å². The highest BCUT2D eigenvalue weighted by Crippen LogP contribution is 2.30. The molecule has 0 unspecified atom stereocenters. The molecule has 0 radical (unpaired) electrons. The quantitative estimate of drug-likeness (QED) is 0.324. The van der Waals surface area contributed by atoms with Crippen molar-refractivity contribution in [2.45, 2.75) is 32.1 Å². The zero-order valence-corrected chi connectivity index (χ0v) is 21.1. The van der Waals surface area contributed by atoms with Crippen LogP contribution < -0.4 is 16.2 Å². The van der Waals surface area contributed by atoms with Gasteiger partial charge in [0.25, 0.3) is 5.91 Å². The van der Waals surface area contributed by atoms with Crippen LogP contribution in [0.1, 0.15) is 53.7 Å². The SMILES string of the molecule is CC(C)(C)c1ccc(C(=O)NC(=S)NNC(=O)C(c2ccccc2)c2ccccc2)cc1Br. The summed E-state index contributed by atoms with van der Waals surface area (Å²) in [4.78, 5) is 25.6. The Kier molecular flexibility index (Phi) is 8.00. The van der Waals surface area contributed by atoms with Crippen molar-refractivity contribution in [1.29, 1.82) is 0 Å². The van der Waals surface area contributed by atoms with Gasteiger partial charge in [0.15, 0.2) is 5.11 Å². The summed E-state index contributed by atoms with van der Waals surface area (Å²) in [6, 6.07) is 24.4. The van der Waals surface area contributed by atoms with Crippen molar-refractivity contribution in [2.75, 3.05) is 0 Å². The molecule has 0 saturated carbocycles. The number of hydrazine groups is 1. The van der Waals surface area contributed by atoms with Gasteiger partial charge in [0.1, 0.15) is 0 Å². The maximum Gasteiger partial charge on any atom is 0.257 e. The molecule has 0 bridgehead atoms. The Bertz CT molecular complexity index is 1110. The van der Waals surface area contributed by atoms with Gasteiger partial charge in [-0.25, -0.2) is 0 Å². The molecular weight excluding hydrogens is 498 g/mol. The minimum Gasteiger partial charge on any atom is -0.298 e. The number of hydrogen-bond acceptors (Lipinski definition) is 3. The van der Waals surface area contributed by atoms with Gasteiger partial charge in [-0.2, -0.15) is 0 Å². The van der Waals surface area contributed by atoms with Gasteiger partial charge < -0.3 is 0 Å². The monoisotopic (exact) mass is 523 g/mol. The van der Waals surface area contributed by atoms with Gasteiger partial charge in [0.05, 0.1) is 5.92 Å². The second kappa shape index (κ2) is 10.7. The third-order valence-corrected chi connectivity index (χ3v) is 5.95. The van der Waals surface area contributed by atoms with Crippen LogP contribution in [0.15, 0.2) is 83.3 Å². The van der Waals surface area contributed by atoms with Crippen LogP contribution >= 0.6 is 28.1 Å². The average Bonchev–Trinajstić information content (AvgIpc) is 2.78. The molecule has 0 aliphatic rings. The van der Waals surface area contributed by atoms with Gasteiger partial charge >= 0.3 is 0 Å². The number of carbonyl (C=O) groups is 2. The summed E-state index contributed by atoms with van der Waals surface area (Å²) in [6.07, 6.45) is 0. The molecule has 3 N–H and O–H groups in total. The number of rotatable bonds is 4. The van der Waals surface area contributed by atoms with E-state index in [1.807, 2.05) is 66.7 Å². The maximum absolute atomic E-state index is 13.0. The van der Waals surface area contributed by atoms with E-state index in [0.29, 0.717) is 5.56 Å². The Balaban J connectivity index is 1.65. The molecule has 0 spiro atoms. The molecule has 3 aromatic rings. The first kappa shape index (κ1) is 24.6. The van der Waals surface area contributed by atoms with Crippen molar-refractivity contribution >= 4 is 45.1 Å². The summed E-state index contributed by atoms with van der Waals surface area (Å²) >= 11 is 8.76. The lowest BCUT2D eigenvalue weighted by Gasteiger charge is -2.21. The second-order valence-electron chi connectivity index (χ2n) is 8.60. The van der Waals surface area contributed by atoms with Gasteiger partial charge in [-0.3, -0.25) is 25.8 Å². The zero-order chi connectivity index (χ0) is 24.0. The third-order valence-electron chi connectivity index (χ3n) is 5.09. The van der Waals surface area contributed by atoms with Gasteiger partial charge in [-0.05, 0) is 46.5 Å². The number of hydrogen-bond donors (Lipinski definition) is 3. The van der Waals surface area contributed by atoms with Gasteiger partial charge in [-0.1, -0.05) is 103 Å². The van der Waals surface area contributed by atoms with Crippen LogP contribution in [-0.2, 0) is 10.2 Å². The predicted octanol–water partition coefficient (Wildman–Crippen LogP) is 5.21. The Morgan fingerprint density at radius 3 is 1.88 bits per heavy atom. The molecule has 0 aromatic heterocycles. The Hall–Kier alpha value is -3.03. The first-order chi connectivity index (χ1) is 15.7. The lowest BCUT2D eigenvalue weighted by Crippen LogP contribution is -2.49. The molecule has 0 fully saturated rings. The normalized spacial score (nSPS) is 11.1. The molecule has 5 nitrogen and oxygen atoms in total. The molecular formula is C26H26BrN3O2S. The van der Waals surface area contributed by atoms with Gasteiger partial charge in [-0.15, -0.1) is 0 Å². The molecule has 7 heteroatoms. The molecule has 33 heavy (non-hydrogen) atoms. The average molecular weight is 524 g/mol. The topological polar surface area (TPSA) is 70.2 Å². The molecule has 0 heterocycles. The Morgan fingerprint density at radius 2 is 1.39 bits per heavy atom. The highest BCUT2D eigenvalue weighted by molar-refractivity contribution is 9.10. The minimum absolute atomic E-state index is 0.00393. The van der Waals surface area contributed by atoms with E-state index in [9.17, 15) is 9.59 Å². The van der Waals surface area contributed by atoms with E-state index < -0.39 is 5.92 Å². The summed E-state index contributed by atoms with van der Waals surface area (Å²) in [5.74, 6) is -1.19. The molecule has 0 atom stereocenters. The smallest absolute Gasteiger partial charge is 0.257 e. The molecule has 3 aromatic carbocycles. The fourth-order valence-corrected chi connectivity index (χ4v) is 4.57. The van der Waals surface area contributed by atoms with Crippen molar-refractivity contribution in [1.82, 2.24) is 16.2 Å². The van der Waals surface area contributed by atoms with Crippen molar-refractivity contribution < 1.29 is 9.59 Å². The molecule has 2 amide bonds. The van der Waals surface area contributed by atoms with Gasteiger partial charge in [0, 0.05) is 10.0 Å². The zero-order valence-electron chi connectivity index (χ0n) is 18.7. The summed E-state index contributed by atoms with van der Waals surface area (Å²) < 4.78 is 0.850. The molecule has 0 aliphatic heterocycles. The fourth-order valence-electron chi connectivity index (χ4n) is 3.45. The van der Waals surface area contributed by atoms with E-state index in [1.54, 1.807) is 12.1 Å². The lowest BCUT2D eigenvalue weighted by molar-refractivity contribution is -0.122. The van der Waals surface area contributed by atoms with Crippen molar-refractivity contribution in [3.63, 3.8) is 0 Å². The molecule has 0 aliphatic carbocycles. The number of thiocarbonyl (C=S) groups is 1. The predicted molar refractivity (Wildman–Crippen MR) is 139 cm³/mol. The first-order valence-corrected chi connectivity index (χ1v) is 11.7. The molecule has 3 rings (SSSR count). The number of carbonyl (C=O) groups excluding carboxylic acids is 2. The number of amides is 2. The van der Waals surface area contributed by atoms with Crippen LogP contribution in [0, 0.1) is 0 Å². The van der Waals surface area contributed by atoms with Crippen LogP contribution in [0.2, 0.25) is 0 Å². The highest BCUT2D eigenvalue weighted by atomic mass is 79.9. The van der Waals surface area contributed by atoms with E-state index >= 15 is 0 Å². The standard InChI is InChI=1S/C26H26BrN3O2S/c1-26(2,3)20-15-14-19(16-21(20)27)23(31)28-25(33)30-29-24(32)22(17-10-6-4-7-11-17)18-12-8-5-9-13-18/h4-16,22H,1-3H3,(H,29,32)(H2,28,30,31,33). The third kappa shape index (κ3) is 6.49. The summed E-state index contributed by atoms with van der Waals surface area (Å²) in [6.45, 7) is 6.31. The van der Waals surface area contributed by atoms with Gasteiger partial charge in [0.2, 0.25) is 5.91 Å². The van der Waals surface area contributed by atoms with Crippen molar-refractivity contribution in [3.05, 3.63) is 106 Å². The van der Waals surface area contributed by atoms with Crippen molar-refractivity contribution in [3.8, 4) is 0 Å². The Morgan fingerprint density at radius 1 is 0.848 bits per heavy atom. The first-order valence-electron chi connectivity index (χ1n) is 10.5. The number of halogens is 1. The highest BCUT2D eigenvalue weighted by Gasteiger charge is 2.23. The number of benzene rings is 3. The van der Waals surface area contributed by atoms with Crippen LogP contribution in [0.3, 0.4) is 0 Å². The second-order valence-corrected chi connectivity index (χ2v) is 9.86.